The Labute approximate surface area is 194 Å². The lowest BCUT2D eigenvalue weighted by atomic mass is 10.1. The Morgan fingerprint density at radius 1 is 1.10 bits per heavy atom. The number of carbonyl (C=O) groups excluding carboxylic acids is 1. The average molecular weight is 525 g/mol. The van der Waals surface area contributed by atoms with Crippen molar-refractivity contribution >= 4 is 41.5 Å². The average Bonchev–Trinajstić information content (AvgIpc) is 3.26. The van der Waals surface area contributed by atoms with E-state index in [4.69, 9.17) is 0 Å². The number of anilines is 1. The van der Waals surface area contributed by atoms with Gasteiger partial charge in [-0.1, -0.05) is 36.4 Å². The Morgan fingerprint density at radius 3 is 2.50 bits per heavy atom. The number of hydrogen-bond donors (Lipinski definition) is 3. The van der Waals surface area contributed by atoms with Gasteiger partial charge in [-0.05, 0) is 49.7 Å². The fourth-order valence-corrected chi connectivity index (χ4v) is 3.54. The summed E-state index contributed by atoms with van der Waals surface area (Å²) in [5, 5.41) is 9.01. The standard InChI is InChI=1S/C22H28FN5O.HI/c1-24-22(26-16-21(29)27-19-11-7-10-18(23)14-19)25-15-20(28-12-5-6-13-28)17-8-3-2-4-9-17;/h2-4,7-11,14,20H,5-6,12-13,15-16H2,1H3,(H,27,29)(H2,24,25,26);1H. The molecule has 1 unspecified atom stereocenters. The van der Waals surface area contributed by atoms with Crippen LogP contribution in [0.2, 0.25) is 0 Å². The third kappa shape index (κ3) is 7.24. The number of benzene rings is 2. The Balaban J connectivity index is 0.00000320. The number of rotatable bonds is 7. The maximum absolute atomic E-state index is 13.2. The largest absolute Gasteiger partial charge is 0.354 e. The van der Waals surface area contributed by atoms with Gasteiger partial charge in [-0.25, -0.2) is 4.39 Å². The van der Waals surface area contributed by atoms with E-state index in [9.17, 15) is 9.18 Å². The molecule has 8 heteroatoms. The fraction of sp³-hybridized carbons (Fsp3) is 0.364. The Morgan fingerprint density at radius 2 is 1.83 bits per heavy atom. The predicted octanol–water partition coefficient (Wildman–Crippen LogP) is 3.38. The molecule has 0 saturated carbocycles. The molecule has 0 aliphatic carbocycles. The monoisotopic (exact) mass is 525 g/mol. The number of halogens is 2. The first-order valence-corrected chi connectivity index (χ1v) is 9.94. The minimum atomic E-state index is -0.387. The molecule has 6 nitrogen and oxygen atoms in total. The van der Waals surface area contributed by atoms with Crippen LogP contribution in [0.3, 0.4) is 0 Å². The number of amides is 1. The number of guanidine groups is 1. The molecule has 3 N–H and O–H groups in total. The van der Waals surface area contributed by atoms with E-state index in [0.717, 1.165) is 13.1 Å². The van der Waals surface area contributed by atoms with Gasteiger partial charge in [0.05, 0.1) is 12.6 Å². The van der Waals surface area contributed by atoms with Crippen molar-refractivity contribution < 1.29 is 9.18 Å². The SMILES string of the molecule is CN=C(NCC(=O)Nc1cccc(F)c1)NCC(c1ccccc1)N1CCCC1.I. The highest BCUT2D eigenvalue weighted by atomic mass is 127. The molecule has 1 aliphatic heterocycles. The van der Waals surface area contributed by atoms with Crippen LogP contribution in [0.25, 0.3) is 0 Å². The summed E-state index contributed by atoms with van der Waals surface area (Å²) in [5.41, 5.74) is 1.69. The molecule has 1 amide bonds. The molecule has 3 rings (SSSR count). The minimum absolute atomic E-state index is 0. The first-order valence-electron chi connectivity index (χ1n) is 9.94. The third-order valence-corrected chi connectivity index (χ3v) is 4.98. The normalized spacial score (nSPS) is 15.2. The van der Waals surface area contributed by atoms with Crippen molar-refractivity contribution in [2.75, 3.05) is 38.5 Å². The summed E-state index contributed by atoms with van der Waals surface area (Å²) >= 11 is 0. The Hall–Kier alpha value is -2.20. The van der Waals surface area contributed by atoms with Gasteiger partial charge in [-0.15, -0.1) is 24.0 Å². The van der Waals surface area contributed by atoms with Crippen molar-refractivity contribution in [3.8, 4) is 0 Å². The molecule has 30 heavy (non-hydrogen) atoms. The molecule has 0 radical (unpaired) electrons. The number of carbonyl (C=O) groups is 1. The molecule has 1 heterocycles. The number of likely N-dealkylation sites (tertiary alicyclic amines) is 1. The van der Waals surface area contributed by atoms with Crippen molar-refractivity contribution in [2.24, 2.45) is 4.99 Å². The number of hydrogen-bond acceptors (Lipinski definition) is 3. The lowest BCUT2D eigenvalue weighted by Crippen LogP contribution is -2.44. The summed E-state index contributed by atoms with van der Waals surface area (Å²) in [6, 6.07) is 16.5. The maximum Gasteiger partial charge on any atom is 0.243 e. The van der Waals surface area contributed by atoms with Gasteiger partial charge in [0, 0.05) is 19.3 Å². The zero-order valence-electron chi connectivity index (χ0n) is 17.1. The molecule has 0 bridgehead atoms. The molecule has 2 aromatic rings. The van der Waals surface area contributed by atoms with Gasteiger partial charge < -0.3 is 16.0 Å². The molecule has 1 fully saturated rings. The summed E-state index contributed by atoms with van der Waals surface area (Å²) in [6.45, 7) is 2.90. The van der Waals surface area contributed by atoms with Gasteiger partial charge in [0.25, 0.3) is 0 Å². The topological polar surface area (TPSA) is 68.8 Å². The molecule has 1 saturated heterocycles. The fourth-order valence-electron chi connectivity index (χ4n) is 3.54. The van der Waals surface area contributed by atoms with Gasteiger partial charge in [0.2, 0.25) is 5.91 Å². The van der Waals surface area contributed by atoms with Crippen molar-refractivity contribution in [3.05, 3.63) is 66.0 Å². The van der Waals surface area contributed by atoms with E-state index in [1.807, 2.05) is 6.07 Å². The van der Waals surface area contributed by atoms with E-state index in [2.05, 4.69) is 50.1 Å². The van der Waals surface area contributed by atoms with E-state index < -0.39 is 0 Å². The summed E-state index contributed by atoms with van der Waals surface area (Å²) in [7, 11) is 1.67. The van der Waals surface area contributed by atoms with Crippen molar-refractivity contribution in [2.45, 2.75) is 18.9 Å². The van der Waals surface area contributed by atoms with Crippen LogP contribution in [0.5, 0.6) is 0 Å². The van der Waals surface area contributed by atoms with Gasteiger partial charge >= 0.3 is 0 Å². The lowest BCUT2D eigenvalue weighted by Gasteiger charge is -2.28. The summed E-state index contributed by atoms with van der Waals surface area (Å²) in [4.78, 5) is 18.8. The molecule has 1 atom stereocenters. The zero-order chi connectivity index (χ0) is 20.5. The van der Waals surface area contributed by atoms with Crippen molar-refractivity contribution in [1.29, 1.82) is 0 Å². The highest BCUT2D eigenvalue weighted by molar-refractivity contribution is 14.0. The zero-order valence-corrected chi connectivity index (χ0v) is 19.4. The highest BCUT2D eigenvalue weighted by Gasteiger charge is 2.23. The van der Waals surface area contributed by atoms with Crippen LogP contribution in [0.15, 0.2) is 59.6 Å². The number of aliphatic imine (C=N–C) groups is 1. The van der Waals surface area contributed by atoms with Crippen LogP contribution >= 0.6 is 24.0 Å². The highest BCUT2D eigenvalue weighted by Crippen LogP contribution is 2.24. The van der Waals surface area contributed by atoms with Crippen molar-refractivity contribution in [3.63, 3.8) is 0 Å². The van der Waals surface area contributed by atoms with Crippen LogP contribution in [0, 0.1) is 5.82 Å². The Kier molecular flexibility index (Phi) is 10.0. The summed E-state index contributed by atoms with van der Waals surface area (Å²) in [6.07, 6.45) is 2.44. The van der Waals surface area contributed by atoms with Crippen LogP contribution in [-0.4, -0.2) is 50.0 Å². The maximum atomic E-state index is 13.2. The van der Waals surface area contributed by atoms with Gasteiger partial charge in [0.15, 0.2) is 5.96 Å². The number of nitrogens with zero attached hydrogens (tertiary/aromatic N) is 2. The number of nitrogens with one attached hydrogen (secondary N) is 3. The van der Waals surface area contributed by atoms with Crippen LogP contribution in [0.4, 0.5) is 10.1 Å². The molecule has 162 valence electrons. The van der Waals surface area contributed by atoms with Crippen LogP contribution < -0.4 is 16.0 Å². The first-order chi connectivity index (χ1) is 14.2. The van der Waals surface area contributed by atoms with Gasteiger partial charge in [-0.2, -0.15) is 0 Å². The van der Waals surface area contributed by atoms with Gasteiger partial charge in [0.1, 0.15) is 5.82 Å². The lowest BCUT2D eigenvalue weighted by molar-refractivity contribution is -0.115. The third-order valence-electron chi connectivity index (χ3n) is 4.98. The van der Waals surface area contributed by atoms with E-state index in [1.54, 1.807) is 19.2 Å². The van der Waals surface area contributed by atoms with Gasteiger partial charge in [-0.3, -0.25) is 14.7 Å². The second-order valence-electron chi connectivity index (χ2n) is 7.03. The second-order valence-corrected chi connectivity index (χ2v) is 7.03. The molecular formula is C22H29FIN5O. The van der Waals surface area contributed by atoms with E-state index in [1.165, 1.54) is 30.5 Å². The first kappa shape index (κ1) is 24.1. The minimum Gasteiger partial charge on any atom is -0.354 e. The summed E-state index contributed by atoms with van der Waals surface area (Å²) < 4.78 is 13.2. The van der Waals surface area contributed by atoms with E-state index in [0.29, 0.717) is 18.2 Å². The van der Waals surface area contributed by atoms with E-state index in [-0.39, 0.29) is 48.3 Å². The smallest absolute Gasteiger partial charge is 0.243 e. The molecule has 0 spiro atoms. The molecule has 2 aromatic carbocycles. The molecule has 0 aromatic heterocycles. The summed E-state index contributed by atoms with van der Waals surface area (Å²) in [5.74, 6) is -0.0978. The van der Waals surface area contributed by atoms with E-state index >= 15 is 0 Å². The Bertz CT molecular complexity index is 827. The van der Waals surface area contributed by atoms with Crippen LogP contribution in [-0.2, 0) is 4.79 Å². The second kappa shape index (κ2) is 12.5. The predicted molar refractivity (Wildman–Crippen MR) is 130 cm³/mol. The molecule has 1 aliphatic rings. The van der Waals surface area contributed by atoms with Crippen LogP contribution in [0.1, 0.15) is 24.4 Å². The van der Waals surface area contributed by atoms with Crippen molar-refractivity contribution in [1.82, 2.24) is 15.5 Å². The molecular weight excluding hydrogens is 496 g/mol. The quantitative estimate of drug-likeness (QED) is 0.295.